The Morgan fingerprint density at radius 3 is 2.53 bits per heavy atom. The Bertz CT molecular complexity index is 255. The third-order valence-corrected chi connectivity index (χ3v) is 1.30. The molecule has 0 spiro atoms. The predicted octanol–water partition coefficient (Wildman–Crippen LogP) is -4.80. The van der Waals surface area contributed by atoms with Crippen LogP contribution in [0.3, 0.4) is 0 Å². The van der Waals surface area contributed by atoms with E-state index in [2.05, 4.69) is 9.97 Å². The molecule has 0 unspecified atom stereocenters. The number of aromatic amines is 1. The molecule has 1 rings (SSSR count). The van der Waals surface area contributed by atoms with Gasteiger partial charge < -0.3 is 36.2 Å². The second kappa shape index (κ2) is 9.60. The van der Waals surface area contributed by atoms with Gasteiger partial charge in [-0.25, -0.2) is 4.98 Å². The van der Waals surface area contributed by atoms with Gasteiger partial charge in [0, 0.05) is 24.4 Å². The number of carbonyl (C=O) groups is 1. The molecule has 0 fully saturated rings. The predicted molar refractivity (Wildman–Crippen MR) is 42.1 cm³/mol. The molecule has 1 aromatic rings. The topological polar surface area (TPSA) is 150 Å². The van der Waals surface area contributed by atoms with Crippen molar-refractivity contribution in [3.63, 3.8) is 0 Å². The summed E-state index contributed by atoms with van der Waals surface area (Å²) < 4.78 is 0. The van der Waals surface area contributed by atoms with Gasteiger partial charge in [0.2, 0.25) is 0 Å². The number of aromatic nitrogens is 2. The fraction of sp³-hybridized carbons (Fsp3) is 0.333. The van der Waals surface area contributed by atoms with E-state index >= 15 is 0 Å². The van der Waals surface area contributed by atoms with Crippen LogP contribution < -0.4 is 21.4 Å². The van der Waals surface area contributed by atoms with Crippen LogP contribution in [-0.4, -0.2) is 39.3 Å². The summed E-state index contributed by atoms with van der Waals surface area (Å²) in [7, 11) is 0. The summed E-state index contributed by atoms with van der Waals surface area (Å²) in [5, 5.41) is 27.7. The van der Waals surface area contributed by atoms with E-state index in [9.17, 15) is 9.90 Å². The first-order chi connectivity index (χ1) is 6.61. The van der Waals surface area contributed by atoms with Crippen molar-refractivity contribution in [1.29, 1.82) is 0 Å². The van der Waals surface area contributed by atoms with Crippen LogP contribution in [-0.2, 0) is 16.3 Å². The van der Waals surface area contributed by atoms with E-state index in [0.29, 0.717) is 5.69 Å². The Balaban J connectivity index is 0. The van der Waals surface area contributed by atoms with Crippen LogP contribution in [0.2, 0.25) is 0 Å². The van der Waals surface area contributed by atoms with E-state index in [1.165, 1.54) is 12.5 Å². The molecule has 0 saturated heterocycles. The number of hydrogen-bond donors (Lipinski definition) is 2. The minimum atomic E-state index is -1.25. The summed E-state index contributed by atoms with van der Waals surface area (Å²) in [6.45, 7) is 0. The van der Waals surface area contributed by atoms with Crippen LogP contribution in [0, 0.1) is 0 Å². The molecule has 0 saturated carbocycles. The first-order valence-corrected chi connectivity index (χ1v) is 3.47. The molecule has 1 heterocycles. The van der Waals surface area contributed by atoms with E-state index in [0.717, 1.165) is 0 Å². The van der Waals surface area contributed by atoms with Gasteiger partial charge in [-0.2, -0.15) is 0 Å². The fourth-order valence-electron chi connectivity index (χ4n) is 0.717. The number of nitrogens with one attached hydrogen (secondary N) is 1. The van der Waals surface area contributed by atoms with Crippen molar-refractivity contribution in [2.45, 2.75) is 12.5 Å². The van der Waals surface area contributed by atoms with Crippen LogP contribution in [0.5, 0.6) is 0 Å². The third-order valence-electron chi connectivity index (χ3n) is 1.30. The molecule has 3 N–H and O–H groups in total. The van der Waals surface area contributed by atoms with Crippen molar-refractivity contribution in [3.8, 4) is 0 Å². The van der Waals surface area contributed by atoms with Crippen LogP contribution in [0.4, 0.5) is 0 Å². The molecule has 0 aromatic carbocycles. The van der Waals surface area contributed by atoms with Crippen LogP contribution >= 0.6 is 0 Å². The van der Waals surface area contributed by atoms with Crippen LogP contribution in [0.1, 0.15) is 5.69 Å². The zero-order valence-electron chi connectivity index (χ0n) is 7.58. The molecular formula is C6H8AlN3O5. The number of rotatable bonds is 3. The van der Waals surface area contributed by atoms with Gasteiger partial charge in [0.1, 0.15) is 0 Å². The number of carboxylic acid groups (broad SMARTS) is 1. The van der Waals surface area contributed by atoms with Gasteiger partial charge in [-0.3, -0.25) is 0 Å². The van der Waals surface area contributed by atoms with Gasteiger partial charge in [-0.1, -0.05) is 0 Å². The standard InChI is InChI=1S/C6H9N3O2.Al.H2O3/c7-5(6(10)11)1-4-2-8-3-9-4;;1-3-2/h2-3,5H,1,7H2,(H,8,9)(H,10,11);;1-2H/q;+3;/p-3/t5-;;/m0../s1. The molecule has 80 valence electrons. The molecule has 0 radical (unpaired) electrons. The second-order valence-electron chi connectivity index (χ2n) is 2.27. The quantitative estimate of drug-likeness (QED) is 0.300. The molecule has 15 heavy (non-hydrogen) atoms. The summed E-state index contributed by atoms with van der Waals surface area (Å²) in [6.07, 6.45) is 3.22. The maximum atomic E-state index is 10.2. The zero-order chi connectivity index (χ0) is 11.0. The first-order valence-electron chi connectivity index (χ1n) is 3.47. The maximum absolute atomic E-state index is 10.2. The van der Waals surface area contributed by atoms with E-state index in [1.807, 2.05) is 0 Å². The third kappa shape index (κ3) is 8.07. The Hall–Kier alpha value is -0.948. The summed E-state index contributed by atoms with van der Waals surface area (Å²) in [6, 6.07) is -0.963. The molecule has 0 amide bonds. The minimum absolute atomic E-state index is 0. The smallest absolute Gasteiger partial charge is 0.734 e. The van der Waals surface area contributed by atoms with Gasteiger partial charge in [0.05, 0.1) is 12.3 Å². The molecule has 1 atom stereocenters. The molecule has 0 aliphatic rings. The van der Waals surface area contributed by atoms with Crippen molar-refractivity contribution >= 4 is 23.3 Å². The molecule has 0 aliphatic heterocycles. The van der Waals surface area contributed by atoms with Gasteiger partial charge in [0.25, 0.3) is 0 Å². The number of nitrogens with two attached hydrogens (primary N) is 1. The summed E-state index contributed by atoms with van der Waals surface area (Å²) in [5.41, 5.74) is 5.89. The monoisotopic (exact) mass is 229 g/mol. The normalized spacial score (nSPS) is 10.6. The second-order valence-corrected chi connectivity index (χ2v) is 2.27. The molecular weight excluding hydrogens is 221 g/mol. The summed E-state index contributed by atoms with van der Waals surface area (Å²) in [4.78, 5) is 16.6. The number of carbonyl (C=O) groups excluding carboxylic acids is 1. The van der Waals surface area contributed by atoms with Gasteiger partial charge in [-0.15, -0.1) is 0 Å². The zero-order valence-corrected chi connectivity index (χ0v) is 8.74. The van der Waals surface area contributed by atoms with Crippen molar-refractivity contribution < 1.29 is 25.5 Å². The molecule has 9 heteroatoms. The van der Waals surface area contributed by atoms with Gasteiger partial charge >= 0.3 is 17.4 Å². The summed E-state index contributed by atoms with van der Waals surface area (Å²) >= 11 is 0. The van der Waals surface area contributed by atoms with Crippen molar-refractivity contribution in [2.75, 3.05) is 0 Å². The molecule has 0 aliphatic carbocycles. The van der Waals surface area contributed by atoms with E-state index in [1.54, 1.807) is 5.04 Å². The van der Waals surface area contributed by atoms with E-state index < -0.39 is 12.0 Å². The number of imidazole rings is 1. The number of H-pyrrole nitrogens is 1. The fourth-order valence-corrected chi connectivity index (χ4v) is 0.717. The van der Waals surface area contributed by atoms with Gasteiger partial charge in [0.15, 0.2) is 0 Å². The van der Waals surface area contributed by atoms with Crippen molar-refractivity contribution in [2.24, 2.45) is 5.73 Å². The molecule has 1 aromatic heterocycles. The van der Waals surface area contributed by atoms with Crippen LogP contribution in [0.15, 0.2) is 12.5 Å². The SMILES string of the molecule is N[C@@H](Cc1cnc[nH]1)C(=O)[O-].[Al+3].[O-]O[O-]. The average molecular weight is 229 g/mol. The molecule has 0 bridgehead atoms. The van der Waals surface area contributed by atoms with E-state index in [4.69, 9.17) is 16.2 Å². The Morgan fingerprint density at radius 2 is 2.20 bits per heavy atom. The van der Waals surface area contributed by atoms with Crippen molar-refractivity contribution in [1.82, 2.24) is 9.97 Å². The number of hydrogen-bond acceptors (Lipinski definition) is 7. The Kier molecular flexibility index (Phi) is 10.5. The first kappa shape index (κ1) is 16.5. The van der Waals surface area contributed by atoms with E-state index in [-0.39, 0.29) is 23.8 Å². The van der Waals surface area contributed by atoms with Crippen LogP contribution in [0.25, 0.3) is 0 Å². The number of aliphatic carboxylic acids is 1. The number of nitrogens with zero attached hydrogens (tertiary/aromatic N) is 1. The number of carboxylic acids is 1. The van der Waals surface area contributed by atoms with Gasteiger partial charge in [-0.05, 0) is 0 Å². The summed E-state index contributed by atoms with van der Waals surface area (Å²) in [5.74, 6) is -1.25. The average Bonchev–Trinajstić information content (AvgIpc) is 2.58. The largest absolute Gasteiger partial charge is 3.00 e. The minimum Gasteiger partial charge on any atom is -0.734 e. The Morgan fingerprint density at radius 1 is 1.67 bits per heavy atom. The molecule has 8 nitrogen and oxygen atoms in total. The Labute approximate surface area is 95.7 Å². The van der Waals surface area contributed by atoms with Crippen molar-refractivity contribution in [3.05, 3.63) is 18.2 Å². The maximum Gasteiger partial charge on any atom is 3.00 e.